The Balaban J connectivity index is 1.28. The number of amides is 4. The number of hydrogen-bond donors (Lipinski definition) is 3. The summed E-state index contributed by atoms with van der Waals surface area (Å²) in [7, 11) is -4.02. The highest BCUT2D eigenvalue weighted by atomic mass is 32.2. The lowest BCUT2D eigenvalue weighted by Gasteiger charge is -2.43. The van der Waals surface area contributed by atoms with Gasteiger partial charge in [-0.25, -0.2) is 18.2 Å². The lowest BCUT2D eigenvalue weighted by molar-refractivity contribution is -0.146. The van der Waals surface area contributed by atoms with Crippen molar-refractivity contribution in [3.8, 4) is 5.88 Å². The molecule has 2 saturated carbocycles. The molecule has 55 heavy (non-hydrogen) atoms. The summed E-state index contributed by atoms with van der Waals surface area (Å²) in [5, 5.41) is 14.2. The number of carboxylic acid groups (broad SMARTS) is 1. The van der Waals surface area contributed by atoms with Gasteiger partial charge in [0.05, 0.1) is 22.2 Å². The van der Waals surface area contributed by atoms with Crippen LogP contribution >= 0.6 is 0 Å². The number of sulfonamides is 1. The molecule has 3 aromatic rings. The predicted octanol–water partition coefficient (Wildman–Crippen LogP) is 4.26. The van der Waals surface area contributed by atoms with E-state index in [1.807, 2.05) is 47.7 Å². The zero-order chi connectivity index (χ0) is 39.7. The fourth-order valence-electron chi connectivity index (χ4n) is 8.39. The molecule has 15 nitrogen and oxygen atoms in total. The number of para-hydroxylation sites is 1. The average Bonchev–Trinajstić information content (AvgIpc) is 3.89. The van der Waals surface area contributed by atoms with E-state index < -0.39 is 79.7 Å². The second kappa shape index (κ2) is 13.8. The Bertz CT molecular complexity index is 2180. The van der Waals surface area contributed by atoms with Gasteiger partial charge in [-0.3, -0.25) is 28.4 Å². The molecule has 7 atom stereocenters. The van der Waals surface area contributed by atoms with Crippen molar-refractivity contribution >= 4 is 50.5 Å². The summed E-state index contributed by atoms with van der Waals surface area (Å²) in [6.45, 7) is 10.7. The highest BCUT2D eigenvalue weighted by Crippen LogP contribution is 2.48. The fourth-order valence-corrected chi connectivity index (χ4v) is 9.71. The van der Waals surface area contributed by atoms with Crippen molar-refractivity contribution in [3.63, 3.8) is 0 Å². The Morgan fingerprint density at radius 3 is 2.55 bits per heavy atom. The van der Waals surface area contributed by atoms with Crippen molar-refractivity contribution in [1.29, 1.82) is 0 Å². The average molecular weight is 778 g/mol. The van der Waals surface area contributed by atoms with E-state index in [9.17, 15) is 27.9 Å². The van der Waals surface area contributed by atoms with Crippen molar-refractivity contribution in [1.82, 2.24) is 34.2 Å². The molecule has 0 radical (unpaired) electrons. The monoisotopic (exact) mass is 777 g/mol. The number of nitrogens with zero attached hydrogens (tertiary/aromatic N) is 5. The molecular weight excluding hydrogens is 727 g/mol. The number of benzene rings is 1. The smallest absolute Gasteiger partial charge is 0.408 e. The first-order valence-electron chi connectivity index (χ1n) is 19.1. The van der Waals surface area contributed by atoms with Crippen LogP contribution < -0.4 is 14.8 Å². The summed E-state index contributed by atoms with van der Waals surface area (Å²) in [6, 6.07) is 5.17. The third-order valence-corrected chi connectivity index (χ3v) is 14.1. The van der Waals surface area contributed by atoms with Crippen LogP contribution in [0.15, 0.2) is 48.8 Å². The van der Waals surface area contributed by atoms with E-state index in [0.717, 1.165) is 11.9 Å². The normalized spacial score (nSPS) is 29.7. The number of fused-ring (bicyclic) bond motifs is 5. The molecular formula is C39H51N7O8S. The SMILES string of the molecule is C[C@@H]1CCC=C[C@@H]2C[C@@]2(C(=O)NS(=O)(=O)C2(C)CC2)NC(=O)[C@@H]2C[C@@H](Oc3nc4nccn4c4ccccc34)CN2C(=O)[C@@H](N(C(=O)O)C(C)(C)C)[C@H](C)C1. The number of carbonyl (C=O) groups is 4. The molecule has 1 saturated heterocycles. The molecule has 2 aliphatic heterocycles. The molecule has 16 heteroatoms. The van der Waals surface area contributed by atoms with E-state index in [1.165, 1.54) is 9.80 Å². The van der Waals surface area contributed by atoms with Crippen molar-refractivity contribution in [3.05, 3.63) is 48.8 Å². The first kappa shape index (κ1) is 38.5. The highest BCUT2D eigenvalue weighted by Gasteiger charge is 2.63. The lowest BCUT2D eigenvalue weighted by Crippen LogP contribution is -2.62. The van der Waals surface area contributed by atoms with Gasteiger partial charge in [0.1, 0.15) is 23.7 Å². The van der Waals surface area contributed by atoms with Gasteiger partial charge < -0.3 is 20.1 Å². The Labute approximate surface area is 320 Å². The van der Waals surface area contributed by atoms with Crippen LogP contribution in [0.4, 0.5) is 4.79 Å². The van der Waals surface area contributed by atoms with Gasteiger partial charge in [0.2, 0.25) is 33.5 Å². The lowest BCUT2D eigenvalue weighted by atomic mass is 9.85. The Morgan fingerprint density at radius 2 is 1.85 bits per heavy atom. The van der Waals surface area contributed by atoms with Gasteiger partial charge in [-0.1, -0.05) is 38.1 Å². The highest BCUT2D eigenvalue weighted by molar-refractivity contribution is 7.91. The van der Waals surface area contributed by atoms with Crippen LogP contribution in [0.2, 0.25) is 0 Å². The van der Waals surface area contributed by atoms with Crippen LogP contribution in [0.25, 0.3) is 16.7 Å². The molecule has 296 valence electrons. The Hall–Kier alpha value is -4.73. The van der Waals surface area contributed by atoms with Crippen LogP contribution in [0.3, 0.4) is 0 Å². The van der Waals surface area contributed by atoms with Crippen molar-refractivity contribution in [2.75, 3.05) is 6.54 Å². The number of ether oxygens (including phenoxy) is 1. The number of rotatable bonds is 6. The largest absolute Gasteiger partial charge is 0.472 e. The maximum absolute atomic E-state index is 15.1. The second-order valence-corrected chi connectivity index (χ2v) is 19.5. The summed E-state index contributed by atoms with van der Waals surface area (Å²) in [4.78, 5) is 68.2. The van der Waals surface area contributed by atoms with Crippen LogP contribution in [-0.4, -0.2) is 102 Å². The molecule has 1 aromatic carbocycles. The molecule has 0 unspecified atom stereocenters. The van der Waals surface area contributed by atoms with Crippen LogP contribution in [0, 0.1) is 17.8 Å². The molecule has 2 aliphatic carbocycles. The molecule has 3 fully saturated rings. The van der Waals surface area contributed by atoms with Crippen molar-refractivity contribution in [2.45, 2.75) is 121 Å². The minimum absolute atomic E-state index is 0.00185. The third kappa shape index (κ3) is 7.13. The van der Waals surface area contributed by atoms with Gasteiger partial charge in [-0.15, -0.1) is 0 Å². The molecule has 4 aliphatic rings. The minimum atomic E-state index is -4.02. The molecule has 4 amide bonds. The van der Waals surface area contributed by atoms with E-state index in [2.05, 4.69) is 26.9 Å². The van der Waals surface area contributed by atoms with Crippen molar-refractivity contribution in [2.24, 2.45) is 17.8 Å². The summed E-state index contributed by atoms with van der Waals surface area (Å²) < 4.78 is 36.0. The van der Waals surface area contributed by atoms with Gasteiger partial charge in [-0.05, 0) is 90.2 Å². The first-order chi connectivity index (χ1) is 25.8. The maximum atomic E-state index is 15.1. The van der Waals surface area contributed by atoms with Gasteiger partial charge in [0.15, 0.2) is 0 Å². The zero-order valence-electron chi connectivity index (χ0n) is 32.2. The maximum Gasteiger partial charge on any atom is 0.408 e. The van der Waals surface area contributed by atoms with E-state index in [4.69, 9.17) is 4.74 Å². The molecule has 2 aromatic heterocycles. The quantitative estimate of drug-likeness (QED) is 0.305. The van der Waals surface area contributed by atoms with Crippen molar-refractivity contribution < 1.29 is 37.4 Å². The molecule has 0 bridgehead atoms. The van der Waals surface area contributed by atoms with Gasteiger partial charge in [-0.2, -0.15) is 4.98 Å². The molecule has 0 spiro atoms. The summed E-state index contributed by atoms with van der Waals surface area (Å²) >= 11 is 0. The first-order valence-corrected chi connectivity index (χ1v) is 20.6. The van der Waals surface area contributed by atoms with E-state index in [0.29, 0.717) is 36.8 Å². The number of carbonyl (C=O) groups excluding carboxylic acids is 3. The van der Waals surface area contributed by atoms with Gasteiger partial charge in [0.25, 0.3) is 5.91 Å². The molecule has 4 heterocycles. The summed E-state index contributed by atoms with van der Waals surface area (Å²) in [5.41, 5.74) is -1.74. The van der Waals surface area contributed by atoms with E-state index in [-0.39, 0.29) is 31.2 Å². The Morgan fingerprint density at radius 1 is 1.13 bits per heavy atom. The summed E-state index contributed by atoms with van der Waals surface area (Å²) in [6.07, 6.45) is 8.17. The zero-order valence-corrected chi connectivity index (χ0v) is 33.0. The Kier molecular flexibility index (Phi) is 9.66. The number of nitrogens with one attached hydrogen (secondary N) is 2. The number of aromatic nitrogens is 3. The summed E-state index contributed by atoms with van der Waals surface area (Å²) in [5.74, 6) is -2.15. The standard InChI is InChI=1S/C39H51N7O8S/c1-23-11-7-8-12-25-21-39(25,34(49)43-55(52,53)38(6)15-16-38)42-31(47)29-20-26(54-32-27-13-9-10-14-28(27)44-18-17-40-35(44)41-32)22-45(29)33(48)30(24(2)19-23)46(36(50)51)37(3,4)5/h8-10,12-14,17-18,23-26,29-30H,7,11,15-16,19-22H2,1-6H3,(H,42,47)(H,43,49)(H,50,51)/t23-,24-,25-,26-,29+,30+,39-/m1/s1. The van der Waals surface area contributed by atoms with Gasteiger partial charge in [0, 0.05) is 30.3 Å². The van der Waals surface area contributed by atoms with Crippen LogP contribution in [0.1, 0.15) is 86.5 Å². The third-order valence-electron chi connectivity index (χ3n) is 11.9. The fraction of sp³-hybridized carbons (Fsp3) is 0.590. The van der Waals surface area contributed by atoms with E-state index >= 15 is 4.79 Å². The number of imidazole rings is 1. The van der Waals surface area contributed by atoms with E-state index in [1.54, 1.807) is 40.1 Å². The van der Waals surface area contributed by atoms with Crippen LogP contribution in [0.5, 0.6) is 5.88 Å². The van der Waals surface area contributed by atoms with Gasteiger partial charge >= 0.3 is 6.09 Å². The predicted molar refractivity (Wildman–Crippen MR) is 203 cm³/mol. The molecule has 7 rings (SSSR count). The minimum Gasteiger partial charge on any atom is -0.472 e. The second-order valence-electron chi connectivity index (χ2n) is 17.3. The molecule has 3 N–H and O–H groups in total. The topological polar surface area (TPSA) is 193 Å². The number of allylic oxidation sites excluding steroid dienone is 1. The number of hydrogen-bond acceptors (Lipinski definition) is 9. The van der Waals surface area contributed by atoms with Crippen LogP contribution in [-0.2, 0) is 24.4 Å².